The number of H-pyrrole nitrogens is 1. The zero-order chi connectivity index (χ0) is 16.3. The van der Waals surface area contributed by atoms with Crippen molar-refractivity contribution in [2.24, 2.45) is 0 Å². The molecule has 2 heterocycles. The predicted molar refractivity (Wildman–Crippen MR) is 85.3 cm³/mol. The van der Waals surface area contributed by atoms with Crippen molar-refractivity contribution in [2.45, 2.75) is 44.8 Å². The van der Waals surface area contributed by atoms with Gasteiger partial charge in [0, 0.05) is 19.2 Å². The molecule has 0 aliphatic carbocycles. The van der Waals surface area contributed by atoms with E-state index in [9.17, 15) is 8.42 Å². The first-order valence-electron chi connectivity index (χ1n) is 7.80. The van der Waals surface area contributed by atoms with Crippen molar-refractivity contribution >= 4 is 15.8 Å². The number of hydrogen-bond acceptors (Lipinski definition) is 4. The van der Waals surface area contributed by atoms with Crippen LogP contribution < -0.4 is 9.88 Å². The van der Waals surface area contributed by atoms with Gasteiger partial charge in [-0.25, -0.2) is 13.4 Å². The van der Waals surface area contributed by atoms with E-state index in [4.69, 9.17) is 4.74 Å². The molecule has 0 bridgehead atoms. The van der Waals surface area contributed by atoms with Gasteiger partial charge >= 0.3 is 0 Å². The summed E-state index contributed by atoms with van der Waals surface area (Å²) in [6.45, 7) is 10.3. The lowest BCUT2D eigenvalue weighted by molar-refractivity contribution is -0.368. The number of anilines is 1. The molecule has 2 atom stereocenters. The second kappa shape index (κ2) is 6.93. The van der Waals surface area contributed by atoms with E-state index in [2.05, 4.69) is 9.88 Å². The predicted octanol–water partition coefficient (Wildman–Crippen LogP) is 1.14. The Labute approximate surface area is 133 Å². The fourth-order valence-corrected chi connectivity index (χ4v) is 4.27. The van der Waals surface area contributed by atoms with E-state index in [1.807, 2.05) is 33.8 Å². The summed E-state index contributed by atoms with van der Waals surface area (Å²) in [5.74, 6) is 0.917. The van der Waals surface area contributed by atoms with Crippen LogP contribution in [0.2, 0.25) is 0 Å². The van der Waals surface area contributed by atoms with Crippen molar-refractivity contribution in [1.82, 2.24) is 4.31 Å². The number of hydrogen-bond donors (Lipinski definition) is 0. The quantitative estimate of drug-likeness (QED) is 0.813. The number of morpholine rings is 1. The molecule has 1 aromatic rings. The summed E-state index contributed by atoms with van der Waals surface area (Å²) in [5.41, 5.74) is 0. The first kappa shape index (κ1) is 17.2. The fourth-order valence-electron chi connectivity index (χ4n) is 2.85. The molecule has 6 nitrogen and oxygen atoms in total. The Morgan fingerprint density at radius 3 is 2.27 bits per heavy atom. The summed E-state index contributed by atoms with van der Waals surface area (Å²) in [6.07, 6.45) is 1.90. The molecule has 124 valence electrons. The maximum absolute atomic E-state index is 12.5. The number of aromatic nitrogens is 1. The van der Waals surface area contributed by atoms with Crippen LogP contribution in [-0.2, 0) is 14.8 Å². The van der Waals surface area contributed by atoms with Gasteiger partial charge in [-0.15, -0.1) is 0 Å². The topological polar surface area (TPSA) is 64.0 Å². The van der Waals surface area contributed by atoms with Crippen LogP contribution in [0.25, 0.3) is 0 Å². The second-order valence-corrected chi connectivity index (χ2v) is 7.60. The van der Waals surface area contributed by atoms with Crippen molar-refractivity contribution in [1.29, 1.82) is 0 Å². The molecule has 0 saturated carbocycles. The molecule has 0 spiro atoms. The monoisotopic (exact) mass is 328 g/mol. The number of nitrogens with zero attached hydrogens (tertiary/aromatic N) is 2. The molecule has 0 aromatic carbocycles. The van der Waals surface area contributed by atoms with Crippen molar-refractivity contribution in [3.05, 3.63) is 18.3 Å². The Morgan fingerprint density at radius 1 is 1.23 bits per heavy atom. The van der Waals surface area contributed by atoms with Crippen molar-refractivity contribution < 1.29 is 18.1 Å². The lowest BCUT2D eigenvalue weighted by atomic mass is 10.2. The van der Waals surface area contributed by atoms with E-state index in [0.717, 1.165) is 18.9 Å². The highest BCUT2D eigenvalue weighted by atomic mass is 32.2. The molecule has 1 aromatic heterocycles. The third-order valence-corrected chi connectivity index (χ3v) is 5.92. The lowest BCUT2D eigenvalue weighted by Crippen LogP contribution is -2.47. The normalized spacial score (nSPS) is 23.0. The summed E-state index contributed by atoms with van der Waals surface area (Å²) in [6, 6.07) is 3.51. The van der Waals surface area contributed by atoms with Crippen LogP contribution in [0.5, 0.6) is 0 Å². The number of sulfonamides is 1. The number of pyridine rings is 1. The van der Waals surface area contributed by atoms with Crippen LogP contribution in [0.3, 0.4) is 0 Å². The van der Waals surface area contributed by atoms with Gasteiger partial charge in [0.05, 0.1) is 12.2 Å². The van der Waals surface area contributed by atoms with Gasteiger partial charge in [-0.1, -0.05) is 13.8 Å². The smallest absolute Gasteiger partial charge is 0.274 e. The number of ether oxygens (including phenoxy) is 1. The van der Waals surface area contributed by atoms with Crippen molar-refractivity contribution in [3.63, 3.8) is 0 Å². The summed E-state index contributed by atoms with van der Waals surface area (Å²) in [7, 11) is -3.41. The van der Waals surface area contributed by atoms with Crippen LogP contribution in [0.4, 0.5) is 5.82 Å². The van der Waals surface area contributed by atoms with Crippen LogP contribution in [0.1, 0.15) is 27.7 Å². The average Bonchev–Trinajstić information content (AvgIpc) is 2.47. The Morgan fingerprint density at radius 2 is 1.82 bits per heavy atom. The van der Waals surface area contributed by atoms with Gasteiger partial charge in [0.2, 0.25) is 10.0 Å². The van der Waals surface area contributed by atoms with Crippen LogP contribution in [-0.4, -0.2) is 51.1 Å². The fraction of sp³-hybridized carbons (Fsp3) is 0.667. The van der Waals surface area contributed by atoms with E-state index < -0.39 is 10.0 Å². The third kappa shape index (κ3) is 3.59. The largest absolute Gasteiger partial charge is 0.367 e. The third-order valence-electron chi connectivity index (χ3n) is 3.87. The molecule has 0 radical (unpaired) electrons. The molecule has 7 heteroatoms. The summed E-state index contributed by atoms with van der Waals surface area (Å²) < 4.78 is 32.1. The number of rotatable bonds is 5. The SMILES string of the molecule is CCN(CC)S(=O)(=O)c1ccc(N2C[C@@H](C)O[C@H](C)C2)[nH+]c1. The first-order valence-corrected chi connectivity index (χ1v) is 9.24. The molecule has 0 unspecified atom stereocenters. The van der Waals surface area contributed by atoms with Crippen LogP contribution in [0, 0.1) is 0 Å². The average molecular weight is 328 g/mol. The number of nitrogens with one attached hydrogen (secondary N) is 1. The van der Waals surface area contributed by atoms with Gasteiger partial charge in [-0.2, -0.15) is 4.31 Å². The standard InChI is InChI=1S/C15H25N3O3S/c1-5-18(6-2)22(19,20)14-7-8-15(16-9-14)17-10-12(3)21-13(4)11-17/h7-9,12-13H,5-6,10-11H2,1-4H3/p+1/t12-,13-/m1/s1. The zero-order valence-electron chi connectivity index (χ0n) is 13.7. The molecule has 2 rings (SSSR count). The molecule has 1 aliphatic rings. The molecular weight excluding hydrogens is 302 g/mol. The highest BCUT2D eigenvalue weighted by Crippen LogP contribution is 2.19. The Hall–Kier alpha value is -1.18. The van der Waals surface area contributed by atoms with Gasteiger partial charge in [-0.3, -0.25) is 4.90 Å². The lowest BCUT2D eigenvalue weighted by Gasteiger charge is -2.30. The van der Waals surface area contributed by atoms with E-state index in [1.54, 1.807) is 12.3 Å². The highest BCUT2D eigenvalue weighted by molar-refractivity contribution is 7.89. The van der Waals surface area contributed by atoms with Gasteiger partial charge in [-0.05, 0) is 19.9 Å². The Balaban J connectivity index is 2.20. The molecule has 1 aliphatic heterocycles. The minimum absolute atomic E-state index is 0.163. The summed E-state index contributed by atoms with van der Waals surface area (Å²) in [4.78, 5) is 5.61. The summed E-state index contributed by atoms with van der Waals surface area (Å²) >= 11 is 0. The van der Waals surface area contributed by atoms with Gasteiger partial charge in [0.1, 0.15) is 24.2 Å². The van der Waals surface area contributed by atoms with Crippen molar-refractivity contribution in [2.75, 3.05) is 31.1 Å². The van der Waals surface area contributed by atoms with Crippen LogP contribution >= 0.6 is 0 Å². The molecule has 0 amide bonds. The molecule has 1 fully saturated rings. The maximum atomic E-state index is 12.5. The second-order valence-electron chi connectivity index (χ2n) is 5.66. The Bertz CT molecular complexity index is 575. The van der Waals surface area contributed by atoms with E-state index in [1.165, 1.54) is 4.31 Å². The highest BCUT2D eigenvalue weighted by Gasteiger charge is 2.29. The number of aromatic amines is 1. The molecular formula is C15H26N3O3S+. The van der Waals surface area contributed by atoms with Gasteiger partial charge < -0.3 is 4.74 Å². The van der Waals surface area contributed by atoms with Gasteiger partial charge in [0.15, 0.2) is 0 Å². The van der Waals surface area contributed by atoms with E-state index in [0.29, 0.717) is 18.0 Å². The van der Waals surface area contributed by atoms with E-state index >= 15 is 0 Å². The first-order chi connectivity index (χ1) is 10.4. The molecule has 22 heavy (non-hydrogen) atoms. The van der Waals surface area contributed by atoms with Crippen molar-refractivity contribution in [3.8, 4) is 0 Å². The minimum Gasteiger partial charge on any atom is -0.367 e. The van der Waals surface area contributed by atoms with Gasteiger partial charge in [0.25, 0.3) is 5.82 Å². The van der Waals surface area contributed by atoms with Crippen LogP contribution in [0.15, 0.2) is 23.2 Å². The zero-order valence-corrected chi connectivity index (χ0v) is 14.6. The Kier molecular flexibility index (Phi) is 5.41. The van der Waals surface area contributed by atoms with E-state index in [-0.39, 0.29) is 12.2 Å². The minimum atomic E-state index is -3.41. The summed E-state index contributed by atoms with van der Waals surface area (Å²) in [5, 5.41) is 0. The molecule has 1 N–H and O–H groups in total. The molecule has 1 saturated heterocycles. The maximum Gasteiger partial charge on any atom is 0.274 e.